The average Bonchev–Trinajstić information content (AvgIpc) is 2.30. The van der Waals surface area contributed by atoms with Gasteiger partial charge in [-0.25, -0.2) is 0 Å². The number of nitrogens with zero attached hydrogens (tertiary/aromatic N) is 1. The summed E-state index contributed by atoms with van der Waals surface area (Å²) in [7, 11) is 0. The molecule has 1 aliphatic heterocycles. The largest absolute Gasteiger partial charge is 0.295 e. The van der Waals surface area contributed by atoms with Gasteiger partial charge >= 0.3 is 0 Å². The van der Waals surface area contributed by atoms with Crippen molar-refractivity contribution in [3.05, 3.63) is 0 Å². The monoisotopic (exact) mass is 169 g/mol. The molecule has 0 N–H and O–H groups in total. The predicted octanol–water partition coefficient (Wildman–Crippen LogP) is 2.90. The Bertz CT molecular complexity index is 140. The van der Waals surface area contributed by atoms with E-state index >= 15 is 0 Å². The zero-order chi connectivity index (χ0) is 9.30. The van der Waals surface area contributed by atoms with Crippen molar-refractivity contribution in [2.24, 2.45) is 5.92 Å². The Labute approximate surface area is 77.1 Å². The zero-order valence-electron chi connectivity index (χ0n) is 9.17. The van der Waals surface area contributed by atoms with Crippen LogP contribution < -0.4 is 0 Å². The molecule has 1 nitrogen and oxygen atoms in total. The van der Waals surface area contributed by atoms with Crippen molar-refractivity contribution in [2.45, 2.75) is 65.6 Å². The Morgan fingerprint density at radius 1 is 1.08 bits per heavy atom. The van der Waals surface area contributed by atoms with Crippen LogP contribution in [0.5, 0.6) is 0 Å². The van der Waals surface area contributed by atoms with Crippen molar-refractivity contribution in [2.75, 3.05) is 0 Å². The van der Waals surface area contributed by atoms with Gasteiger partial charge in [-0.05, 0) is 39.5 Å². The lowest BCUT2D eigenvalue weighted by Crippen LogP contribution is -2.42. The van der Waals surface area contributed by atoms with Crippen LogP contribution in [-0.4, -0.2) is 23.0 Å². The second-order valence-electron chi connectivity index (χ2n) is 4.78. The molecule has 1 rings (SSSR count). The van der Waals surface area contributed by atoms with E-state index in [4.69, 9.17) is 0 Å². The van der Waals surface area contributed by atoms with Crippen LogP contribution in [-0.2, 0) is 0 Å². The molecule has 0 aromatic carbocycles. The molecule has 0 aliphatic carbocycles. The van der Waals surface area contributed by atoms with Gasteiger partial charge in [0.05, 0.1) is 0 Å². The molecular formula is C11H23N. The highest BCUT2D eigenvalue weighted by atomic mass is 15.2. The summed E-state index contributed by atoms with van der Waals surface area (Å²) < 4.78 is 0. The molecule has 1 aliphatic rings. The molecule has 1 saturated heterocycles. The zero-order valence-corrected chi connectivity index (χ0v) is 9.17. The summed E-state index contributed by atoms with van der Waals surface area (Å²) in [6.07, 6.45) is 2.79. The van der Waals surface area contributed by atoms with E-state index in [1.54, 1.807) is 0 Å². The topological polar surface area (TPSA) is 3.24 Å². The molecule has 0 aromatic rings. The van der Waals surface area contributed by atoms with Gasteiger partial charge in [-0.1, -0.05) is 13.8 Å². The van der Waals surface area contributed by atoms with E-state index in [1.165, 1.54) is 12.8 Å². The quantitative estimate of drug-likeness (QED) is 0.614. The van der Waals surface area contributed by atoms with Crippen LogP contribution in [0.15, 0.2) is 0 Å². The van der Waals surface area contributed by atoms with Crippen molar-refractivity contribution in [1.82, 2.24) is 4.90 Å². The summed E-state index contributed by atoms with van der Waals surface area (Å²) in [5.74, 6) is 0.817. The van der Waals surface area contributed by atoms with Crippen LogP contribution in [0.25, 0.3) is 0 Å². The highest BCUT2D eigenvalue weighted by molar-refractivity contribution is 4.88. The molecule has 0 spiro atoms. The van der Waals surface area contributed by atoms with Crippen LogP contribution >= 0.6 is 0 Å². The van der Waals surface area contributed by atoms with Gasteiger partial charge < -0.3 is 0 Å². The lowest BCUT2D eigenvalue weighted by molar-refractivity contribution is 0.127. The highest BCUT2D eigenvalue weighted by Gasteiger charge is 2.33. The van der Waals surface area contributed by atoms with Crippen molar-refractivity contribution >= 4 is 0 Å². The van der Waals surface area contributed by atoms with Crippen LogP contribution in [0.4, 0.5) is 0 Å². The minimum atomic E-state index is 0.717. The van der Waals surface area contributed by atoms with E-state index in [2.05, 4.69) is 39.5 Å². The third-order valence-electron chi connectivity index (χ3n) is 3.14. The lowest BCUT2D eigenvalue weighted by atomic mass is 10.0. The summed E-state index contributed by atoms with van der Waals surface area (Å²) in [5.41, 5.74) is 0. The van der Waals surface area contributed by atoms with Gasteiger partial charge in [0.15, 0.2) is 0 Å². The van der Waals surface area contributed by atoms with Gasteiger partial charge in [-0.3, -0.25) is 4.90 Å². The molecule has 72 valence electrons. The van der Waals surface area contributed by atoms with Gasteiger partial charge in [-0.15, -0.1) is 0 Å². The second kappa shape index (κ2) is 3.78. The molecule has 0 saturated carbocycles. The maximum atomic E-state index is 2.69. The first kappa shape index (κ1) is 10.0. The predicted molar refractivity (Wildman–Crippen MR) is 54.3 cm³/mol. The minimum Gasteiger partial charge on any atom is -0.295 e. The Kier molecular flexibility index (Phi) is 3.16. The van der Waals surface area contributed by atoms with Gasteiger partial charge in [0.1, 0.15) is 0 Å². The van der Waals surface area contributed by atoms with E-state index in [0.29, 0.717) is 0 Å². The smallest absolute Gasteiger partial charge is 0.0124 e. The van der Waals surface area contributed by atoms with E-state index in [1.807, 2.05) is 0 Å². The Morgan fingerprint density at radius 2 is 1.67 bits per heavy atom. The van der Waals surface area contributed by atoms with E-state index in [-0.39, 0.29) is 0 Å². The van der Waals surface area contributed by atoms with Crippen molar-refractivity contribution < 1.29 is 0 Å². The van der Waals surface area contributed by atoms with Gasteiger partial charge in [0, 0.05) is 18.1 Å². The van der Waals surface area contributed by atoms with Crippen LogP contribution in [0.3, 0.4) is 0 Å². The average molecular weight is 169 g/mol. The SMILES string of the molecule is CC(C)[C@@H]1CC[C@@H](C)N1C(C)C. The number of hydrogen-bond donors (Lipinski definition) is 0. The van der Waals surface area contributed by atoms with Crippen LogP contribution in [0.2, 0.25) is 0 Å². The van der Waals surface area contributed by atoms with E-state index in [0.717, 1.165) is 24.0 Å². The van der Waals surface area contributed by atoms with Crippen molar-refractivity contribution in [1.29, 1.82) is 0 Å². The van der Waals surface area contributed by atoms with Gasteiger partial charge in [0.25, 0.3) is 0 Å². The number of likely N-dealkylation sites (tertiary alicyclic amines) is 1. The van der Waals surface area contributed by atoms with Gasteiger partial charge in [0.2, 0.25) is 0 Å². The Hall–Kier alpha value is -0.0400. The van der Waals surface area contributed by atoms with Gasteiger partial charge in [-0.2, -0.15) is 0 Å². The second-order valence-corrected chi connectivity index (χ2v) is 4.78. The Balaban J connectivity index is 2.64. The van der Waals surface area contributed by atoms with Crippen molar-refractivity contribution in [3.8, 4) is 0 Å². The minimum absolute atomic E-state index is 0.717. The molecule has 1 fully saturated rings. The molecule has 0 bridgehead atoms. The molecule has 0 amide bonds. The third kappa shape index (κ3) is 1.82. The fourth-order valence-electron chi connectivity index (χ4n) is 2.61. The molecule has 0 unspecified atom stereocenters. The Morgan fingerprint density at radius 3 is 2.00 bits per heavy atom. The normalized spacial score (nSPS) is 32.2. The summed E-state index contributed by atoms with van der Waals surface area (Å²) in [4.78, 5) is 2.69. The van der Waals surface area contributed by atoms with Crippen molar-refractivity contribution in [3.63, 3.8) is 0 Å². The first-order valence-electron chi connectivity index (χ1n) is 5.31. The summed E-state index contributed by atoms with van der Waals surface area (Å²) in [6, 6.07) is 2.35. The molecule has 0 radical (unpaired) electrons. The maximum Gasteiger partial charge on any atom is 0.0124 e. The molecule has 0 aromatic heterocycles. The summed E-state index contributed by atoms with van der Waals surface area (Å²) >= 11 is 0. The fourth-order valence-corrected chi connectivity index (χ4v) is 2.61. The molecule has 12 heavy (non-hydrogen) atoms. The first-order valence-corrected chi connectivity index (χ1v) is 5.31. The molecular weight excluding hydrogens is 146 g/mol. The van der Waals surface area contributed by atoms with Crippen LogP contribution in [0.1, 0.15) is 47.5 Å². The van der Waals surface area contributed by atoms with E-state index < -0.39 is 0 Å². The summed E-state index contributed by atoms with van der Waals surface area (Å²) in [6.45, 7) is 11.7. The first-order chi connectivity index (χ1) is 5.54. The van der Waals surface area contributed by atoms with E-state index in [9.17, 15) is 0 Å². The standard InChI is InChI=1S/C11H23N/c1-8(2)11-7-6-10(5)12(11)9(3)4/h8-11H,6-7H2,1-5H3/t10-,11+/m1/s1. The fraction of sp³-hybridized carbons (Fsp3) is 1.00. The number of hydrogen-bond acceptors (Lipinski definition) is 1. The molecule has 2 atom stereocenters. The van der Waals surface area contributed by atoms with Crippen LogP contribution in [0, 0.1) is 5.92 Å². The molecule has 1 heterocycles. The molecule has 1 heteroatoms. The number of rotatable bonds is 2. The lowest BCUT2D eigenvalue weighted by Gasteiger charge is -2.34. The highest BCUT2D eigenvalue weighted by Crippen LogP contribution is 2.30. The maximum absolute atomic E-state index is 2.69. The third-order valence-corrected chi connectivity index (χ3v) is 3.14. The summed E-state index contributed by atoms with van der Waals surface area (Å²) in [5, 5.41) is 0.